The maximum Gasteiger partial charge on any atom is 0.238 e. The van der Waals surface area contributed by atoms with Gasteiger partial charge in [0.2, 0.25) is 5.91 Å². The van der Waals surface area contributed by atoms with E-state index in [9.17, 15) is 14.0 Å². The van der Waals surface area contributed by atoms with Gasteiger partial charge in [0.25, 0.3) is 0 Å². The topological polar surface area (TPSA) is 70.0 Å². The minimum absolute atomic E-state index is 0.0371. The molecule has 0 aliphatic carbocycles. The summed E-state index contributed by atoms with van der Waals surface area (Å²) in [7, 11) is 0. The van der Waals surface area contributed by atoms with Crippen molar-refractivity contribution in [2.24, 2.45) is 0 Å². The fraction of sp³-hybridized carbons (Fsp3) is 0.214. The van der Waals surface area contributed by atoms with E-state index in [1.807, 2.05) is 0 Å². The molecule has 4 nitrogen and oxygen atoms in total. The Morgan fingerprint density at radius 2 is 2.10 bits per heavy atom. The molecule has 0 aromatic heterocycles. The van der Waals surface area contributed by atoms with E-state index in [4.69, 9.17) is 5.26 Å². The van der Waals surface area contributed by atoms with Crippen molar-refractivity contribution in [3.63, 3.8) is 0 Å². The Hall–Kier alpha value is -2.13. The molecule has 0 bridgehead atoms. The van der Waals surface area contributed by atoms with Crippen LogP contribution in [0.4, 0.5) is 4.39 Å². The molecular weight excluding hydrogens is 279 g/mol. The Morgan fingerprint density at radius 3 is 2.65 bits per heavy atom. The molecule has 0 unspecified atom stereocenters. The van der Waals surface area contributed by atoms with Crippen LogP contribution in [0.5, 0.6) is 0 Å². The smallest absolute Gasteiger partial charge is 0.238 e. The molecule has 0 radical (unpaired) electrons. The van der Waals surface area contributed by atoms with Crippen molar-refractivity contribution >= 4 is 23.5 Å². The number of halogens is 1. The van der Waals surface area contributed by atoms with Crippen molar-refractivity contribution in [2.75, 3.05) is 0 Å². The number of nitrogens with one attached hydrogen (secondary N) is 1. The van der Waals surface area contributed by atoms with Crippen molar-refractivity contribution in [2.45, 2.75) is 18.6 Å². The van der Waals surface area contributed by atoms with Crippen molar-refractivity contribution in [1.29, 1.82) is 5.26 Å². The molecule has 2 rings (SSSR count). The zero-order valence-corrected chi connectivity index (χ0v) is 11.5. The van der Waals surface area contributed by atoms with Crippen molar-refractivity contribution in [3.05, 3.63) is 46.2 Å². The van der Waals surface area contributed by atoms with Gasteiger partial charge in [-0.2, -0.15) is 5.26 Å². The summed E-state index contributed by atoms with van der Waals surface area (Å²) in [5.74, 6) is -0.956. The second-order valence-corrected chi connectivity index (χ2v) is 5.51. The standard InChI is InChI=1S/C14H11FN2O2S/c1-8(18)11(7-16)14-17-13(19)12(20-14)6-9-2-4-10(15)5-3-9/h2-5,12H,6H2,1H3,(H,17,19)/b14-11-/t12-/m1/s1. The van der Waals surface area contributed by atoms with Crippen molar-refractivity contribution in [3.8, 4) is 6.07 Å². The van der Waals surface area contributed by atoms with Crippen LogP contribution in [0.2, 0.25) is 0 Å². The van der Waals surface area contributed by atoms with Gasteiger partial charge in [0.15, 0.2) is 5.78 Å². The highest BCUT2D eigenvalue weighted by atomic mass is 32.2. The van der Waals surface area contributed by atoms with Crippen molar-refractivity contribution < 1.29 is 14.0 Å². The lowest BCUT2D eigenvalue weighted by Gasteiger charge is -2.05. The van der Waals surface area contributed by atoms with E-state index in [0.717, 1.165) is 17.3 Å². The monoisotopic (exact) mass is 290 g/mol. The number of rotatable bonds is 3. The van der Waals surface area contributed by atoms with Crippen LogP contribution in [0.15, 0.2) is 34.9 Å². The number of hydrogen-bond donors (Lipinski definition) is 1. The normalized spacial score (nSPS) is 20.2. The maximum absolute atomic E-state index is 12.8. The van der Waals surface area contributed by atoms with E-state index >= 15 is 0 Å². The number of thioether (sulfide) groups is 1. The molecule has 1 saturated heterocycles. The molecule has 0 saturated carbocycles. The average Bonchev–Trinajstić information content (AvgIpc) is 2.74. The minimum Gasteiger partial charge on any atom is -0.318 e. The Kier molecular flexibility index (Phi) is 4.20. The summed E-state index contributed by atoms with van der Waals surface area (Å²) in [6.07, 6.45) is 0.414. The third-order valence-corrected chi connectivity index (χ3v) is 4.02. The van der Waals surface area contributed by atoms with E-state index in [1.54, 1.807) is 18.2 Å². The van der Waals surface area contributed by atoms with Gasteiger partial charge in [0, 0.05) is 0 Å². The molecule has 1 aromatic carbocycles. The summed E-state index contributed by atoms with van der Waals surface area (Å²) in [6, 6.07) is 7.69. The predicted octanol–water partition coefficient (Wildman–Crippen LogP) is 1.92. The highest BCUT2D eigenvalue weighted by Gasteiger charge is 2.32. The number of ketones is 1. The molecule has 0 spiro atoms. The molecule has 20 heavy (non-hydrogen) atoms. The van der Waals surface area contributed by atoms with Crippen LogP contribution in [0.1, 0.15) is 12.5 Å². The molecule has 1 aliphatic rings. The van der Waals surface area contributed by atoms with E-state index in [2.05, 4.69) is 5.32 Å². The van der Waals surface area contributed by atoms with E-state index in [1.165, 1.54) is 19.1 Å². The number of carbonyl (C=O) groups is 2. The number of nitrogens with zero attached hydrogens (tertiary/aromatic N) is 1. The van der Waals surface area contributed by atoms with Crippen LogP contribution in [0, 0.1) is 17.1 Å². The molecule has 1 fully saturated rings. The summed E-state index contributed by atoms with van der Waals surface area (Å²) in [5, 5.41) is 11.4. The molecule has 1 aliphatic heterocycles. The van der Waals surface area contributed by atoms with Crippen LogP contribution in [0.3, 0.4) is 0 Å². The lowest BCUT2D eigenvalue weighted by atomic mass is 10.1. The summed E-state index contributed by atoms with van der Waals surface area (Å²) < 4.78 is 12.8. The lowest BCUT2D eigenvalue weighted by molar-refractivity contribution is -0.119. The third kappa shape index (κ3) is 3.06. The third-order valence-electron chi connectivity index (χ3n) is 2.81. The Morgan fingerprint density at radius 1 is 1.45 bits per heavy atom. The highest BCUT2D eigenvalue weighted by molar-refractivity contribution is 8.04. The summed E-state index contributed by atoms with van der Waals surface area (Å²) in [5.41, 5.74) is 0.784. The maximum atomic E-state index is 12.8. The summed E-state index contributed by atoms with van der Waals surface area (Å²) >= 11 is 1.16. The summed E-state index contributed by atoms with van der Waals surface area (Å²) in [6.45, 7) is 1.28. The molecule has 1 aromatic rings. The molecule has 1 atom stereocenters. The molecule has 1 amide bonds. The van der Waals surface area contributed by atoms with Crippen LogP contribution >= 0.6 is 11.8 Å². The Balaban J connectivity index is 2.16. The number of nitriles is 1. The number of allylic oxidation sites excluding steroid dienone is 1. The van der Waals surface area contributed by atoms with Gasteiger partial charge in [-0.3, -0.25) is 9.59 Å². The van der Waals surface area contributed by atoms with Gasteiger partial charge in [-0.1, -0.05) is 23.9 Å². The van der Waals surface area contributed by atoms with E-state index in [-0.39, 0.29) is 23.1 Å². The van der Waals surface area contributed by atoms with Crippen LogP contribution in [-0.4, -0.2) is 16.9 Å². The fourth-order valence-corrected chi connectivity index (χ4v) is 2.99. The first-order valence-corrected chi connectivity index (χ1v) is 6.76. The quantitative estimate of drug-likeness (QED) is 0.682. The van der Waals surface area contributed by atoms with E-state index in [0.29, 0.717) is 11.4 Å². The predicted molar refractivity (Wildman–Crippen MR) is 72.9 cm³/mol. The second kappa shape index (κ2) is 5.88. The first-order valence-electron chi connectivity index (χ1n) is 5.88. The van der Waals surface area contributed by atoms with Gasteiger partial charge in [-0.05, 0) is 31.0 Å². The second-order valence-electron chi connectivity index (χ2n) is 4.30. The molecule has 1 heterocycles. The van der Waals surface area contributed by atoms with Gasteiger partial charge < -0.3 is 5.32 Å². The van der Waals surface area contributed by atoms with Gasteiger partial charge >= 0.3 is 0 Å². The Bertz CT molecular complexity index is 632. The number of amides is 1. The number of Topliss-reactive ketones (excluding diaryl/α,β-unsaturated/α-hetero) is 1. The van der Waals surface area contributed by atoms with Crippen LogP contribution in [-0.2, 0) is 16.0 Å². The average molecular weight is 290 g/mol. The van der Waals surface area contributed by atoms with Gasteiger partial charge in [-0.15, -0.1) is 0 Å². The largest absolute Gasteiger partial charge is 0.318 e. The number of carbonyl (C=O) groups excluding carboxylic acids is 2. The fourth-order valence-electron chi connectivity index (χ4n) is 1.80. The number of benzene rings is 1. The highest BCUT2D eigenvalue weighted by Crippen LogP contribution is 2.31. The molecule has 1 N–H and O–H groups in total. The molecule has 102 valence electrons. The van der Waals surface area contributed by atoms with E-state index < -0.39 is 5.25 Å². The molecular formula is C14H11FN2O2S. The van der Waals surface area contributed by atoms with Crippen LogP contribution < -0.4 is 5.32 Å². The lowest BCUT2D eigenvalue weighted by Crippen LogP contribution is -2.24. The Labute approximate surface area is 119 Å². The zero-order chi connectivity index (χ0) is 14.7. The first-order chi connectivity index (χ1) is 9.51. The van der Waals surface area contributed by atoms with Gasteiger partial charge in [0.05, 0.1) is 10.3 Å². The van der Waals surface area contributed by atoms with Gasteiger partial charge in [-0.25, -0.2) is 4.39 Å². The number of hydrogen-bond acceptors (Lipinski definition) is 4. The molecule has 6 heteroatoms. The van der Waals surface area contributed by atoms with Crippen molar-refractivity contribution in [1.82, 2.24) is 5.32 Å². The van der Waals surface area contributed by atoms with Crippen LogP contribution in [0.25, 0.3) is 0 Å². The minimum atomic E-state index is -0.418. The first kappa shape index (κ1) is 14.3. The SMILES string of the molecule is CC(=O)/C(C#N)=C1/NC(=O)[C@@H](Cc2ccc(F)cc2)S1. The summed E-state index contributed by atoms with van der Waals surface area (Å²) in [4.78, 5) is 23.1. The van der Waals surface area contributed by atoms with Gasteiger partial charge in [0.1, 0.15) is 17.5 Å². The zero-order valence-electron chi connectivity index (χ0n) is 10.6.